The van der Waals surface area contributed by atoms with Gasteiger partial charge in [0.25, 0.3) is 0 Å². The number of hydrogen-bond acceptors (Lipinski definition) is 5. The van der Waals surface area contributed by atoms with E-state index in [-0.39, 0.29) is 18.5 Å². The predicted molar refractivity (Wildman–Crippen MR) is 292 cm³/mol. The molecule has 2 atom stereocenters. The molecule has 0 rings (SSSR count). The number of esters is 1. The molecule has 2 unspecified atom stereocenters. The van der Waals surface area contributed by atoms with Crippen LogP contribution in [0.15, 0.2) is 12.2 Å². The molecule has 0 bridgehead atoms. The third-order valence-corrected chi connectivity index (χ3v) is 14.3. The number of rotatable bonds is 57. The average molecular weight is 947 g/mol. The first-order chi connectivity index (χ1) is 33.0. The minimum Gasteiger partial charge on any atom is -0.466 e. The van der Waals surface area contributed by atoms with Crippen LogP contribution in [0.25, 0.3) is 0 Å². The molecule has 0 spiro atoms. The van der Waals surface area contributed by atoms with Crippen molar-refractivity contribution in [3.63, 3.8) is 0 Å². The van der Waals surface area contributed by atoms with Crippen molar-refractivity contribution in [1.29, 1.82) is 0 Å². The lowest BCUT2D eigenvalue weighted by atomic mass is 10.0. The zero-order chi connectivity index (χ0) is 48.6. The molecule has 0 aromatic heterocycles. The summed E-state index contributed by atoms with van der Waals surface area (Å²) < 4.78 is 5.46. The molecular weight excluding hydrogens is 827 g/mol. The summed E-state index contributed by atoms with van der Waals surface area (Å²) in [6.45, 7) is 4.94. The highest BCUT2D eigenvalue weighted by Crippen LogP contribution is 2.18. The molecule has 0 radical (unpaired) electrons. The van der Waals surface area contributed by atoms with Crippen molar-refractivity contribution in [1.82, 2.24) is 5.32 Å². The van der Waals surface area contributed by atoms with Gasteiger partial charge >= 0.3 is 5.97 Å². The molecule has 3 N–H and O–H groups in total. The number of unbranched alkanes of at least 4 members (excludes halogenated alkanes) is 44. The molecule has 1 amide bonds. The normalized spacial score (nSPS) is 12.6. The maximum absolute atomic E-state index is 12.5. The van der Waals surface area contributed by atoms with Crippen LogP contribution in [0, 0.1) is 0 Å². The van der Waals surface area contributed by atoms with Crippen LogP contribution in [0.2, 0.25) is 0 Å². The summed E-state index contributed by atoms with van der Waals surface area (Å²) in [6, 6.07) is -0.542. The van der Waals surface area contributed by atoms with Gasteiger partial charge < -0.3 is 20.3 Å². The Morgan fingerprint density at radius 1 is 0.403 bits per heavy atom. The fourth-order valence-corrected chi connectivity index (χ4v) is 9.62. The lowest BCUT2D eigenvalue weighted by Crippen LogP contribution is -2.45. The second kappa shape index (κ2) is 57.2. The van der Waals surface area contributed by atoms with Crippen LogP contribution in [-0.4, -0.2) is 47.4 Å². The van der Waals surface area contributed by atoms with Gasteiger partial charge in [0, 0.05) is 12.8 Å². The number of carbonyl (C=O) groups is 2. The highest BCUT2D eigenvalue weighted by atomic mass is 16.5. The van der Waals surface area contributed by atoms with Crippen LogP contribution in [0.4, 0.5) is 0 Å². The van der Waals surface area contributed by atoms with E-state index in [9.17, 15) is 19.8 Å². The van der Waals surface area contributed by atoms with Gasteiger partial charge in [-0.2, -0.15) is 0 Å². The first kappa shape index (κ1) is 65.6. The number of hydrogen-bond donors (Lipinski definition) is 3. The van der Waals surface area contributed by atoms with Crippen molar-refractivity contribution < 1.29 is 24.5 Å². The summed E-state index contributed by atoms with van der Waals surface area (Å²) in [5.74, 6) is -0.0313. The summed E-state index contributed by atoms with van der Waals surface area (Å²) in [7, 11) is 0. The largest absolute Gasteiger partial charge is 0.466 e. The molecule has 0 heterocycles. The van der Waals surface area contributed by atoms with Gasteiger partial charge in [0.15, 0.2) is 0 Å². The smallest absolute Gasteiger partial charge is 0.305 e. The predicted octanol–water partition coefficient (Wildman–Crippen LogP) is 18.9. The molecule has 6 nitrogen and oxygen atoms in total. The van der Waals surface area contributed by atoms with E-state index in [4.69, 9.17) is 4.74 Å². The fourth-order valence-electron chi connectivity index (χ4n) is 9.62. The SMILES string of the molecule is CCCC/C=C\CCCCCCCC(=O)OCCCCCCCCCCCCCCCCCCCCCCCC(=O)NC(CO)C(O)CCCCCCCCCCCCCCCCCCCC. The molecule has 0 saturated carbocycles. The monoisotopic (exact) mass is 946 g/mol. The Balaban J connectivity index is 3.39. The molecule has 0 aliphatic rings. The van der Waals surface area contributed by atoms with Gasteiger partial charge in [-0.3, -0.25) is 9.59 Å². The quantitative estimate of drug-likeness (QED) is 0.0321. The van der Waals surface area contributed by atoms with Crippen LogP contribution < -0.4 is 5.32 Å². The second-order valence-corrected chi connectivity index (χ2v) is 21.0. The minimum absolute atomic E-state index is 0.00157. The Morgan fingerprint density at radius 2 is 0.716 bits per heavy atom. The lowest BCUT2D eigenvalue weighted by molar-refractivity contribution is -0.143. The number of amides is 1. The standard InChI is InChI=1S/C61H119NO5/c1-3-5-7-9-11-13-15-16-17-18-24-27-30-34-37-41-45-49-53-59(64)58(57-63)62-60(65)54-50-46-42-38-35-31-28-25-22-20-19-21-23-26-29-32-36-40-44-48-52-56-67-61(66)55-51-47-43-39-33-14-12-10-8-6-4-2/h10,12,58-59,63-64H,3-9,11,13-57H2,1-2H3,(H,62,65)/b12-10-. The summed E-state index contributed by atoms with van der Waals surface area (Å²) in [4.78, 5) is 24.5. The minimum atomic E-state index is -0.665. The Morgan fingerprint density at radius 3 is 1.10 bits per heavy atom. The van der Waals surface area contributed by atoms with Crippen LogP contribution in [0.3, 0.4) is 0 Å². The van der Waals surface area contributed by atoms with Gasteiger partial charge in [-0.15, -0.1) is 0 Å². The maximum atomic E-state index is 12.5. The highest BCUT2D eigenvalue weighted by Gasteiger charge is 2.20. The molecule has 0 aromatic carbocycles. The first-order valence-corrected chi connectivity index (χ1v) is 30.4. The highest BCUT2D eigenvalue weighted by molar-refractivity contribution is 5.76. The summed E-state index contributed by atoms with van der Waals surface area (Å²) in [6.07, 6.45) is 67.9. The molecule has 0 aliphatic heterocycles. The Kier molecular flexibility index (Phi) is 56.0. The Hall–Kier alpha value is -1.40. The molecule has 0 saturated heterocycles. The number of carbonyl (C=O) groups excluding carboxylic acids is 2. The van der Waals surface area contributed by atoms with Gasteiger partial charge in [0.2, 0.25) is 5.91 Å². The van der Waals surface area contributed by atoms with Gasteiger partial charge in [0.05, 0.1) is 25.4 Å². The third-order valence-electron chi connectivity index (χ3n) is 14.3. The molecular formula is C61H119NO5. The second-order valence-electron chi connectivity index (χ2n) is 21.0. The Labute approximate surface area is 419 Å². The van der Waals surface area contributed by atoms with Crippen molar-refractivity contribution in [2.24, 2.45) is 0 Å². The van der Waals surface area contributed by atoms with E-state index in [0.717, 1.165) is 44.9 Å². The summed E-state index contributed by atoms with van der Waals surface area (Å²) in [5, 5.41) is 23.3. The Bertz CT molecular complexity index is 1000. The molecule has 0 fully saturated rings. The average Bonchev–Trinajstić information content (AvgIpc) is 3.33. The van der Waals surface area contributed by atoms with E-state index >= 15 is 0 Å². The van der Waals surface area contributed by atoms with Crippen molar-refractivity contribution in [3.05, 3.63) is 12.2 Å². The van der Waals surface area contributed by atoms with Crippen LogP contribution >= 0.6 is 0 Å². The van der Waals surface area contributed by atoms with Crippen LogP contribution in [-0.2, 0) is 14.3 Å². The van der Waals surface area contributed by atoms with Crippen molar-refractivity contribution in [3.8, 4) is 0 Å². The number of aliphatic hydroxyl groups excluding tert-OH is 2. The van der Waals surface area contributed by atoms with Gasteiger partial charge in [-0.25, -0.2) is 0 Å². The summed E-state index contributed by atoms with van der Waals surface area (Å²) in [5.41, 5.74) is 0. The van der Waals surface area contributed by atoms with Gasteiger partial charge in [-0.05, 0) is 44.9 Å². The maximum Gasteiger partial charge on any atom is 0.305 e. The zero-order valence-corrected chi connectivity index (χ0v) is 45.4. The lowest BCUT2D eigenvalue weighted by Gasteiger charge is -2.22. The van der Waals surface area contributed by atoms with E-state index in [1.807, 2.05) is 0 Å². The van der Waals surface area contributed by atoms with Crippen molar-refractivity contribution >= 4 is 11.9 Å². The number of nitrogens with one attached hydrogen (secondary N) is 1. The molecule has 0 aliphatic carbocycles. The van der Waals surface area contributed by atoms with E-state index in [1.54, 1.807) is 0 Å². The number of aliphatic hydroxyl groups is 2. The number of allylic oxidation sites excluding steroid dienone is 2. The molecule has 6 heteroatoms. The summed E-state index contributed by atoms with van der Waals surface area (Å²) >= 11 is 0. The van der Waals surface area contributed by atoms with E-state index in [2.05, 4.69) is 31.3 Å². The molecule has 398 valence electrons. The zero-order valence-electron chi connectivity index (χ0n) is 45.4. The topological polar surface area (TPSA) is 95.9 Å². The molecule has 0 aromatic rings. The third kappa shape index (κ3) is 53.8. The van der Waals surface area contributed by atoms with Crippen LogP contribution in [0.1, 0.15) is 341 Å². The van der Waals surface area contributed by atoms with E-state index in [1.165, 1.54) is 263 Å². The van der Waals surface area contributed by atoms with E-state index < -0.39 is 12.1 Å². The van der Waals surface area contributed by atoms with Crippen molar-refractivity contribution in [2.75, 3.05) is 13.2 Å². The van der Waals surface area contributed by atoms with Gasteiger partial charge in [0.1, 0.15) is 0 Å². The van der Waals surface area contributed by atoms with Gasteiger partial charge in [-0.1, -0.05) is 296 Å². The first-order valence-electron chi connectivity index (χ1n) is 30.4. The molecule has 67 heavy (non-hydrogen) atoms. The van der Waals surface area contributed by atoms with Crippen LogP contribution in [0.5, 0.6) is 0 Å². The van der Waals surface area contributed by atoms with Crippen molar-refractivity contribution in [2.45, 2.75) is 353 Å². The van der Waals surface area contributed by atoms with E-state index in [0.29, 0.717) is 25.9 Å². The number of ether oxygens (including phenoxy) is 1. The fraction of sp³-hybridized carbons (Fsp3) is 0.934.